The van der Waals surface area contributed by atoms with Gasteiger partial charge in [-0.2, -0.15) is 11.8 Å². The van der Waals surface area contributed by atoms with E-state index >= 15 is 0 Å². The topological polar surface area (TPSA) is 54.9 Å². The molecule has 1 aromatic heterocycles. The number of para-hydroxylation sites is 1. The highest BCUT2D eigenvalue weighted by Crippen LogP contribution is 2.37. The van der Waals surface area contributed by atoms with E-state index in [0.717, 1.165) is 12.2 Å². The SMILES string of the molecule is O=c1[nH]c2ccccc2c(=O)n1CC1SCCc2ccccc21. The summed E-state index contributed by atoms with van der Waals surface area (Å²) in [6.45, 7) is 0.403. The Morgan fingerprint density at radius 2 is 1.87 bits per heavy atom. The van der Waals surface area contributed by atoms with Crippen molar-refractivity contribution < 1.29 is 0 Å². The second kappa shape index (κ2) is 5.74. The highest BCUT2D eigenvalue weighted by atomic mass is 32.2. The molecule has 4 rings (SSSR count). The van der Waals surface area contributed by atoms with E-state index in [1.807, 2.05) is 36.0 Å². The van der Waals surface area contributed by atoms with Gasteiger partial charge in [-0.3, -0.25) is 9.36 Å². The van der Waals surface area contributed by atoms with Gasteiger partial charge in [0.15, 0.2) is 0 Å². The molecule has 1 unspecified atom stereocenters. The number of nitrogens with one attached hydrogen (secondary N) is 1. The molecule has 0 saturated heterocycles. The summed E-state index contributed by atoms with van der Waals surface area (Å²) in [6, 6.07) is 15.4. The number of H-pyrrole nitrogens is 1. The fourth-order valence-electron chi connectivity index (χ4n) is 3.16. The van der Waals surface area contributed by atoms with Crippen molar-refractivity contribution in [2.75, 3.05) is 5.75 Å². The zero-order chi connectivity index (χ0) is 15.8. The minimum Gasteiger partial charge on any atom is -0.307 e. The molecule has 3 aromatic rings. The molecular weight excluding hydrogens is 308 g/mol. The van der Waals surface area contributed by atoms with Gasteiger partial charge in [0.1, 0.15) is 0 Å². The standard InChI is InChI=1S/C18H16N2O2S/c21-17-14-7-3-4-8-15(14)19-18(22)20(17)11-16-13-6-2-1-5-12(13)9-10-23-16/h1-8,16H,9-11H2,(H,19,22). The zero-order valence-corrected chi connectivity index (χ0v) is 13.3. The van der Waals surface area contributed by atoms with Crippen molar-refractivity contribution in [2.45, 2.75) is 18.2 Å². The summed E-state index contributed by atoms with van der Waals surface area (Å²) in [6.07, 6.45) is 1.04. The Bertz CT molecular complexity index is 990. The van der Waals surface area contributed by atoms with Gasteiger partial charge in [-0.15, -0.1) is 0 Å². The van der Waals surface area contributed by atoms with Gasteiger partial charge < -0.3 is 4.98 Å². The summed E-state index contributed by atoms with van der Waals surface area (Å²) in [4.78, 5) is 27.8. The van der Waals surface area contributed by atoms with Crippen LogP contribution in [0.2, 0.25) is 0 Å². The molecule has 0 spiro atoms. The number of nitrogens with zero attached hydrogens (tertiary/aromatic N) is 1. The van der Waals surface area contributed by atoms with E-state index in [1.54, 1.807) is 12.1 Å². The lowest BCUT2D eigenvalue weighted by atomic mass is 10.0. The van der Waals surface area contributed by atoms with E-state index in [2.05, 4.69) is 17.1 Å². The smallest absolute Gasteiger partial charge is 0.307 e. The Kier molecular flexibility index (Phi) is 3.58. The first-order valence-corrected chi connectivity index (χ1v) is 8.70. The molecule has 2 heterocycles. The molecule has 23 heavy (non-hydrogen) atoms. The van der Waals surface area contributed by atoms with E-state index in [0.29, 0.717) is 17.4 Å². The number of hydrogen-bond donors (Lipinski definition) is 1. The highest BCUT2D eigenvalue weighted by molar-refractivity contribution is 7.99. The van der Waals surface area contributed by atoms with Crippen LogP contribution in [0.3, 0.4) is 0 Å². The van der Waals surface area contributed by atoms with Crippen LogP contribution in [0, 0.1) is 0 Å². The monoisotopic (exact) mass is 324 g/mol. The van der Waals surface area contributed by atoms with Gasteiger partial charge >= 0.3 is 5.69 Å². The van der Waals surface area contributed by atoms with Crippen molar-refractivity contribution in [1.82, 2.24) is 9.55 Å². The molecule has 4 nitrogen and oxygen atoms in total. The lowest BCUT2D eigenvalue weighted by Crippen LogP contribution is -2.36. The molecule has 2 aromatic carbocycles. The average Bonchev–Trinajstić information content (AvgIpc) is 2.59. The number of fused-ring (bicyclic) bond motifs is 2. The summed E-state index contributed by atoms with van der Waals surface area (Å²) >= 11 is 1.81. The van der Waals surface area contributed by atoms with Crippen LogP contribution >= 0.6 is 11.8 Å². The minimum absolute atomic E-state index is 0.139. The number of aromatic amines is 1. The number of benzene rings is 2. The first-order valence-electron chi connectivity index (χ1n) is 7.65. The molecule has 5 heteroatoms. The maximum absolute atomic E-state index is 12.7. The van der Waals surface area contributed by atoms with Crippen LogP contribution in [0.25, 0.3) is 10.9 Å². The summed E-state index contributed by atoms with van der Waals surface area (Å²) < 4.78 is 1.34. The summed E-state index contributed by atoms with van der Waals surface area (Å²) in [7, 11) is 0. The quantitative estimate of drug-likeness (QED) is 0.788. The summed E-state index contributed by atoms with van der Waals surface area (Å²) in [5.74, 6) is 1.02. The lowest BCUT2D eigenvalue weighted by molar-refractivity contribution is 0.621. The van der Waals surface area contributed by atoms with Crippen LogP contribution in [0.5, 0.6) is 0 Å². The van der Waals surface area contributed by atoms with Gasteiger partial charge in [0.2, 0.25) is 0 Å². The second-order valence-electron chi connectivity index (χ2n) is 5.70. The van der Waals surface area contributed by atoms with Crippen LogP contribution < -0.4 is 11.2 Å². The highest BCUT2D eigenvalue weighted by Gasteiger charge is 2.22. The predicted octanol–water partition coefficient (Wildman–Crippen LogP) is 2.72. The maximum Gasteiger partial charge on any atom is 0.328 e. The van der Waals surface area contributed by atoms with Crippen LogP contribution in [0.15, 0.2) is 58.1 Å². The molecule has 0 bridgehead atoms. The van der Waals surface area contributed by atoms with Crippen molar-refractivity contribution in [1.29, 1.82) is 0 Å². The van der Waals surface area contributed by atoms with Crippen LogP contribution in [0.4, 0.5) is 0 Å². The summed E-state index contributed by atoms with van der Waals surface area (Å²) in [5.41, 5.74) is 2.60. The molecule has 0 fully saturated rings. The third-order valence-corrected chi connectivity index (χ3v) is 5.58. The molecule has 1 aliphatic heterocycles. The molecule has 1 N–H and O–H groups in total. The number of aryl methyl sites for hydroxylation is 1. The largest absolute Gasteiger partial charge is 0.328 e. The zero-order valence-electron chi connectivity index (χ0n) is 12.5. The Hall–Kier alpha value is -2.27. The first kappa shape index (κ1) is 14.3. The fourth-order valence-corrected chi connectivity index (χ4v) is 4.44. The Labute approximate surface area is 137 Å². The van der Waals surface area contributed by atoms with Crippen molar-refractivity contribution in [2.24, 2.45) is 0 Å². The molecule has 0 radical (unpaired) electrons. The van der Waals surface area contributed by atoms with Gasteiger partial charge in [-0.1, -0.05) is 36.4 Å². The Balaban J connectivity index is 1.80. The number of rotatable bonds is 2. The van der Waals surface area contributed by atoms with Gasteiger partial charge in [0, 0.05) is 11.8 Å². The van der Waals surface area contributed by atoms with E-state index in [4.69, 9.17) is 0 Å². The van der Waals surface area contributed by atoms with Gasteiger partial charge in [-0.05, 0) is 35.4 Å². The summed E-state index contributed by atoms with van der Waals surface area (Å²) in [5, 5.41) is 0.695. The fraction of sp³-hybridized carbons (Fsp3) is 0.222. The average molecular weight is 324 g/mol. The van der Waals surface area contributed by atoms with E-state index < -0.39 is 0 Å². The molecule has 0 saturated carbocycles. The molecule has 0 aliphatic carbocycles. The van der Waals surface area contributed by atoms with E-state index in [9.17, 15) is 9.59 Å². The van der Waals surface area contributed by atoms with Crippen LogP contribution in [-0.4, -0.2) is 15.3 Å². The second-order valence-corrected chi connectivity index (χ2v) is 7.01. The van der Waals surface area contributed by atoms with Gasteiger partial charge in [0.25, 0.3) is 5.56 Å². The Morgan fingerprint density at radius 1 is 1.09 bits per heavy atom. The van der Waals surface area contributed by atoms with E-state index in [1.165, 1.54) is 15.7 Å². The predicted molar refractivity (Wildman–Crippen MR) is 94.2 cm³/mol. The molecular formula is C18H16N2O2S. The molecule has 0 amide bonds. The third-order valence-electron chi connectivity index (χ3n) is 4.33. The van der Waals surface area contributed by atoms with Gasteiger partial charge in [-0.25, -0.2) is 4.79 Å². The first-order chi connectivity index (χ1) is 11.2. The minimum atomic E-state index is -0.336. The number of hydrogen-bond acceptors (Lipinski definition) is 3. The van der Waals surface area contributed by atoms with Crippen molar-refractivity contribution >= 4 is 22.7 Å². The third kappa shape index (κ3) is 2.51. The molecule has 1 aliphatic rings. The Morgan fingerprint density at radius 3 is 2.78 bits per heavy atom. The molecule has 1 atom stereocenters. The van der Waals surface area contributed by atoms with Gasteiger partial charge in [0.05, 0.1) is 10.9 Å². The van der Waals surface area contributed by atoms with Crippen LogP contribution in [0.1, 0.15) is 16.4 Å². The van der Waals surface area contributed by atoms with Crippen molar-refractivity contribution in [3.63, 3.8) is 0 Å². The van der Waals surface area contributed by atoms with Crippen molar-refractivity contribution in [3.8, 4) is 0 Å². The van der Waals surface area contributed by atoms with Crippen molar-refractivity contribution in [3.05, 3.63) is 80.5 Å². The molecule has 116 valence electrons. The van der Waals surface area contributed by atoms with E-state index in [-0.39, 0.29) is 16.5 Å². The normalized spacial score (nSPS) is 17.1. The number of aromatic nitrogens is 2. The maximum atomic E-state index is 12.7. The van der Waals surface area contributed by atoms with Crippen LogP contribution in [-0.2, 0) is 13.0 Å². The number of thioether (sulfide) groups is 1. The lowest BCUT2D eigenvalue weighted by Gasteiger charge is -2.25.